The molecule has 0 unspecified atom stereocenters. The number of pyridine rings is 1. The van der Waals surface area contributed by atoms with E-state index in [1.165, 1.54) is 12.4 Å². The molecule has 0 saturated carbocycles. The lowest BCUT2D eigenvalue weighted by molar-refractivity contribution is 0.0945. The highest BCUT2D eigenvalue weighted by Gasteiger charge is 2.12. The summed E-state index contributed by atoms with van der Waals surface area (Å²) in [6.07, 6.45) is 1.47. The molecular weight excluding hydrogens is 309 g/mol. The van der Waals surface area contributed by atoms with E-state index < -0.39 is 0 Å². The summed E-state index contributed by atoms with van der Waals surface area (Å²) in [5, 5.41) is 9.44. The number of hydrogen-bond donors (Lipinski definition) is 2. The van der Waals surface area contributed by atoms with Gasteiger partial charge in [-0.05, 0) is 43.2 Å². The van der Waals surface area contributed by atoms with Gasteiger partial charge >= 0.3 is 0 Å². The summed E-state index contributed by atoms with van der Waals surface area (Å²) in [5.41, 5.74) is 3.06. The Kier molecular flexibility index (Phi) is 4.33. The van der Waals surface area contributed by atoms with Crippen molar-refractivity contribution >= 4 is 5.91 Å². The first kappa shape index (κ1) is 15.8. The average molecular weight is 325 g/mol. The summed E-state index contributed by atoms with van der Waals surface area (Å²) in [5.74, 6) is -0.0669. The Labute approximate surface area is 138 Å². The van der Waals surface area contributed by atoms with Gasteiger partial charge < -0.3 is 5.32 Å². The van der Waals surface area contributed by atoms with Crippen LogP contribution in [0.25, 0.3) is 11.4 Å². The van der Waals surface area contributed by atoms with Crippen LogP contribution < -0.4 is 5.32 Å². The van der Waals surface area contributed by atoms with Crippen LogP contribution in [0.5, 0.6) is 0 Å². The van der Waals surface area contributed by atoms with E-state index in [9.17, 15) is 9.18 Å². The van der Waals surface area contributed by atoms with Crippen molar-refractivity contribution in [1.29, 1.82) is 0 Å². The predicted octanol–water partition coefficient (Wildman–Crippen LogP) is 2.55. The van der Waals surface area contributed by atoms with Gasteiger partial charge in [0.25, 0.3) is 5.91 Å². The smallest absolute Gasteiger partial charge is 0.270 e. The Morgan fingerprint density at radius 1 is 1.25 bits per heavy atom. The normalized spacial score (nSPS) is 10.6. The zero-order valence-electron chi connectivity index (χ0n) is 13.3. The second kappa shape index (κ2) is 6.57. The number of carbonyl (C=O) groups excluding carboxylic acids is 1. The Bertz CT molecular complexity index is 877. The maximum absolute atomic E-state index is 13.3. The number of aromatic amines is 1. The first-order valence-corrected chi connectivity index (χ1v) is 7.41. The van der Waals surface area contributed by atoms with Crippen LogP contribution in [-0.4, -0.2) is 26.1 Å². The number of aryl methyl sites for hydroxylation is 2. The molecule has 6 nitrogen and oxygen atoms in total. The van der Waals surface area contributed by atoms with Crippen LogP contribution in [-0.2, 0) is 6.54 Å². The van der Waals surface area contributed by atoms with E-state index in [-0.39, 0.29) is 17.4 Å². The van der Waals surface area contributed by atoms with Gasteiger partial charge in [0.1, 0.15) is 17.8 Å². The molecule has 0 fully saturated rings. The number of H-pyrrole nitrogens is 1. The molecule has 0 aliphatic heterocycles. The van der Waals surface area contributed by atoms with Crippen molar-refractivity contribution in [2.75, 3.05) is 0 Å². The highest BCUT2D eigenvalue weighted by molar-refractivity contribution is 5.93. The highest BCUT2D eigenvalue weighted by Crippen LogP contribution is 2.16. The number of nitrogens with zero attached hydrogens (tertiary/aromatic N) is 3. The van der Waals surface area contributed by atoms with Crippen molar-refractivity contribution in [1.82, 2.24) is 25.5 Å². The third-order valence-electron chi connectivity index (χ3n) is 3.53. The lowest BCUT2D eigenvalue weighted by Crippen LogP contribution is -2.24. The van der Waals surface area contributed by atoms with Crippen molar-refractivity contribution in [2.45, 2.75) is 20.4 Å². The van der Waals surface area contributed by atoms with Gasteiger partial charge in [-0.3, -0.25) is 9.89 Å². The molecule has 0 saturated heterocycles. The molecule has 0 aliphatic carbocycles. The molecule has 0 atom stereocenters. The Morgan fingerprint density at radius 3 is 2.79 bits per heavy atom. The van der Waals surface area contributed by atoms with Gasteiger partial charge in [-0.15, -0.1) is 0 Å². The molecular formula is C17H16FN5O. The molecule has 122 valence electrons. The largest absolute Gasteiger partial charge is 0.347 e. The quantitative estimate of drug-likeness (QED) is 0.772. The van der Waals surface area contributed by atoms with Crippen molar-refractivity contribution in [3.63, 3.8) is 0 Å². The van der Waals surface area contributed by atoms with E-state index in [0.717, 1.165) is 5.56 Å². The Balaban J connectivity index is 1.76. The monoisotopic (exact) mass is 325 g/mol. The summed E-state index contributed by atoms with van der Waals surface area (Å²) in [4.78, 5) is 20.7. The second-order valence-electron chi connectivity index (χ2n) is 5.47. The van der Waals surface area contributed by atoms with Crippen LogP contribution in [0.4, 0.5) is 4.39 Å². The van der Waals surface area contributed by atoms with Gasteiger partial charge in [0.15, 0.2) is 5.82 Å². The summed E-state index contributed by atoms with van der Waals surface area (Å²) in [7, 11) is 0. The number of rotatable bonds is 4. The van der Waals surface area contributed by atoms with Crippen LogP contribution in [0.3, 0.4) is 0 Å². The van der Waals surface area contributed by atoms with E-state index in [0.29, 0.717) is 29.2 Å². The second-order valence-corrected chi connectivity index (χ2v) is 5.47. The van der Waals surface area contributed by atoms with Crippen molar-refractivity contribution in [3.05, 3.63) is 65.0 Å². The first-order chi connectivity index (χ1) is 11.5. The van der Waals surface area contributed by atoms with E-state index in [4.69, 9.17) is 0 Å². The minimum Gasteiger partial charge on any atom is -0.347 e. The number of aromatic nitrogens is 4. The zero-order valence-corrected chi connectivity index (χ0v) is 13.3. The molecule has 0 radical (unpaired) electrons. The molecule has 2 aromatic heterocycles. The summed E-state index contributed by atoms with van der Waals surface area (Å²) < 4.78 is 13.3. The lowest BCUT2D eigenvalue weighted by atomic mass is 10.1. The standard InChI is InChI=1S/C17H16FN5O/c1-10-5-12(3-4-14(10)18)8-19-17(24)15-7-13(6-11(2)22-15)16-20-9-21-23-16/h3-7,9H,8H2,1-2H3,(H,19,24)(H,20,21,23). The number of amides is 1. The number of carbonyl (C=O) groups is 1. The topological polar surface area (TPSA) is 83.6 Å². The van der Waals surface area contributed by atoms with Crippen molar-refractivity contribution < 1.29 is 9.18 Å². The van der Waals surface area contributed by atoms with Crippen molar-refractivity contribution in [2.24, 2.45) is 0 Å². The Hall–Kier alpha value is -3.09. The Morgan fingerprint density at radius 2 is 2.08 bits per heavy atom. The van der Waals surface area contributed by atoms with Gasteiger partial charge in [0.05, 0.1) is 0 Å². The molecule has 0 aliphatic rings. The molecule has 7 heteroatoms. The zero-order chi connectivity index (χ0) is 17.1. The number of halogens is 1. The third-order valence-corrected chi connectivity index (χ3v) is 3.53. The molecule has 1 aromatic carbocycles. The van der Waals surface area contributed by atoms with Gasteiger partial charge in [0.2, 0.25) is 0 Å². The van der Waals surface area contributed by atoms with Gasteiger partial charge in [0, 0.05) is 17.8 Å². The van der Waals surface area contributed by atoms with Crippen LogP contribution in [0.2, 0.25) is 0 Å². The fourth-order valence-corrected chi connectivity index (χ4v) is 2.35. The molecule has 2 N–H and O–H groups in total. The van der Waals surface area contributed by atoms with Crippen LogP contribution in [0, 0.1) is 19.7 Å². The first-order valence-electron chi connectivity index (χ1n) is 7.41. The molecule has 2 heterocycles. The van der Waals surface area contributed by atoms with Crippen LogP contribution in [0.1, 0.15) is 27.3 Å². The molecule has 3 rings (SSSR count). The van der Waals surface area contributed by atoms with E-state index in [1.54, 1.807) is 32.0 Å². The fraction of sp³-hybridized carbons (Fsp3) is 0.176. The molecule has 1 amide bonds. The molecule has 0 spiro atoms. The van der Waals surface area contributed by atoms with E-state index >= 15 is 0 Å². The maximum atomic E-state index is 13.3. The molecule has 3 aromatic rings. The van der Waals surface area contributed by atoms with Gasteiger partial charge in [-0.1, -0.05) is 12.1 Å². The van der Waals surface area contributed by atoms with Gasteiger partial charge in [-0.25, -0.2) is 14.4 Å². The summed E-state index contributed by atoms with van der Waals surface area (Å²) in [6, 6.07) is 8.19. The van der Waals surface area contributed by atoms with Crippen LogP contribution >= 0.6 is 0 Å². The number of benzene rings is 1. The van der Waals surface area contributed by atoms with Crippen LogP contribution in [0.15, 0.2) is 36.7 Å². The van der Waals surface area contributed by atoms with E-state index in [2.05, 4.69) is 25.5 Å². The van der Waals surface area contributed by atoms with Crippen molar-refractivity contribution in [3.8, 4) is 11.4 Å². The molecule has 0 bridgehead atoms. The average Bonchev–Trinajstić information content (AvgIpc) is 3.09. The minimum atomic E-state index is -0.308. The number of hydrogen-bond acceptors (Lipinski definition) is 4. The highest BCUT2D eigenvalue weighted by atomic mass is 19.1. The maximum Gasteiger partial charge on any atom is 0.270 e. The number of nitrogens with one attached hydrogen (secondary N) is 2. The fourth-order valence-electron chi connectivity index (χ4n) is 2.35. The molecule has 24 heavy (non-hydrogen) atoms. The SMILES string of the molecule is Cc1cc(-c2nc[nH]n2)cc(C(=O)NCc2ccc(F)c(C)c2)n1. The third kappa shape index (κ3) is 3.45. The minimum absolute atomic E-state index is 0.262. The summed E-state index contributed by atoms with van der Waals surface area (Å²) >= 11 is 0. The van der Waals surface area contributed by atoms with Gasteiger partial charge in [-0.2, -0.15) is 5.10 Å². The predicted molar refractivity (Wildman–Crippen MR) is 86.7 cm³/mol. The van der Waals surface area contributed by atoms with E-state index in [1.807, 2.05) is 6.07 Å². The summed E-state index contributed by atoms with van der Waals surface area (Å²) in [6.45, 7) is 3.79. The lowest BCUT2D eigenvalue weighted by Gasteiger charge is -2.08.